The third kappa shape index (κ3) is 3.76. The number of benzene rings is 1. The molecule has 1 aromatic carbocycles. The summed E-state index contributed by atoms with van der Waals surface area (Å²) in [5, 5.41) is 0. The van der Waals surface area contributed by atoms with Gasteiger partial charge in [0.2, 0.25) is 11.8 Å². The van der Waals surface area contributed by atoms with E-state index in [-0.39, 0.29) is 30.1 Å². The number of morpholine rings is 1. The fourth-order valence-corrected chi connectivity index (χ4v) is 4.83. The number of hydrogen-bond donors (Lipinski definition) is 1. The molecule has 2 aliphatic heterocycles. The van der Waals surface area contributed by atoms with E-state index in [1.165, 1.54) is 22.6 Å². The van der Waals surface area contributed by atoms with E-state index in [4.69, 9.17) is 14.2 Å². The largest absolute Gasteiger partial charge is 0.497 e. The first-order valence-corrected chi connectivity index (χ1v) is 10.4. The van der Waals surface area contributed by atoms with Crippen LogP contribution in [-0.2, 0) is 14.3 Å². The van der Waals surface area contributed by atoms with Crippen LogP contribution in [0.15, 0.2) is 30.0 Å². The number of hydrogen-bond acceptors (Lipinski definition) is 5. The molecule has 0 radical (unpaired) electrons. The maximum Gasteiger partial charge on any atom is 0.238 e. The molecule has 2 fully saturated rings. The van der Waals surface area contributed by atoms with Gasteiger partial charge in [0.05, 0.1) is 39.0 Å². The number of nitrogens with one attached hydrogen (secondary N) is 1. The van der Waals surface area contributed by atoms with Crippen molar-refractivity contribution in [2.45, 2.75) is 25.7 Å². The van der Waals surface area contributed by atoms with Gasteiger partial charge in [-0.2, -0.15) is 0 Å². The number of ether oxygens (including phenoxy) is 3. The maximum atomic E-state index is 13.4. The van der Waals surface area contributed by atoms with Crippen LogP contribution in [0.5, 0.6) is 11.5 Å². The zero-order valence-electron chi connectivity index (χ0n) is 17.1. The molecule has 156 valence electrons. The average Bonchev–Trinajstić information content (AvgIpc) is 3.07. The van der Waals surface area contributed by atoms with Crippen molar-refractivity contribution in [3.05, 3.63) is 30.0 Å². The van der Waals surface area contributed by atoms with Crippen molar-refractivity contribution in [1.82, 2.24) is 0 Å². The molecule has 1 aliphatic carbocycles. The monoisotopic (exact) mass is 401 g/mol. The summed E-state index contributed by atoms with van der Waals surface area (Å²) < 4.78 is 16.2. The van der Waals surface area contributed by atoms with Crippen LogP contribution in [0.1, 0.15) is 25.7 Å². The molecule has 0 spiro atoms. The van der Waals surface area contributed by atoms with Crippen LogP contribution in [0.4, 0.5) is 5.69 Å². The highest BCUT2D eigenvalue weighted by atomic mass is 16.5. The van der Waals surface area contributed by atoms with Crippen molar-refractivity contribution in [2.75, 3.05) is 45.4 Å². The lowest BCUT2D eigenvalue weighted by molar-refractivity contribution is -0.874. The standard InChI is InChI=1S/C22H28N2O5/c1-27-15-7-8-19(20(13-15)28-2)24-21(25)14-17(22(24)26)16-5-3-4-6-18(16)23-9-11-29-12-10-23/h6-8,13,16-17H,3-5,9-12,14H2,1-2H3/p+1/t16-,17+/m0/s1. The zero-order chi connectivity index (χ0) is 20.4. The number of imide groups is 1. The number of quaternary nitrogens is 1. The molecule has 0 bridgehead atoms. The SMILES string of the molecule is COc1ccc(N2C(=O)C[C@H]([C@@H]3CCCC=C3[NH+]3CCOCC3)C2=O)c(OC)c1. The molecule has 7 heteroatoms. The molecule has 2 amide bonds. The quantitative estimate of drug-likeness (QED) is 0.751. The molecule has 2 atom stereocenters. The predicted molar refractivity (Wildman–Crippen MR) is 107 cm³/mol. The van der Waals surface area contributed by atoms with Crippen molar-refractivity contribution in [3.63, 3.8) is 0 Å². The van der Waals surface area contributed by atoms with E-state index in [0.717, 1.165) is 45.6 Å². The van der Waals surface area contributed by atoms with Crippen LogP contribution >= 0.6 is 0 Å². The molecule has 2 saturated heterocycles. The van der Waals surface area contributed by atoms with Gasteiger partial charge in [-0.25, -0.2) is 4.90 Å². The molecule has 0 unspecified atom stereocenters. The summed E-state index contributed by atoms with van der Waals surface area (Å²) in [6.07, 6.45) is 5.60. The second kappa shape index (κ2) is 8.55. The Morgan fingerprint density at radius 1 is 1.10 bits per heavy atom. The topological polar surface area (TPSA) is 69.5 Å². The number of rotatable bonds is 5. The van der Waals surface area contributed by atoms with Crippen LogP contribution in [0, 0.1) is 11.8 Å². The Kier molecular flexibility index (Phi) is 5.87. The van der Waals surface area contributed by atoms with Gasteiger partial charge in [-0.3, -0.25) is 9.59 Å². The minimum absolute atomic E-state index is 0.113. The average molecular weight is 401 g/mol. The number of carbonyl (C=O) groups is 2. The minimum Gasteiger partial charge on any atom is -0.497 e. The van der Waals surface area contributed by atoms with Gasteiger partial charge >= 0.3 is 0 Å². The summed E-state index contributed by atoms with van der Waals surface area (Å²) in [5.41, 5.74) is 1.79. The molecular weight excluding hydrogens is 372 g/mol. The molecule has 1 N–H and O–H groups in total. The lowest BCUT2D eigenvalue weighted by Gasteiger charge is -2.34. The van der Waals surface area contributed by atoms with Crippen molar-refractivity contribution in [2.24, 2.45) is 11.8 Å². The highest BCUT2D eigenvalue weighted by Crippen LogP contribution is 2.41. The lowest BCUT2D eigenvalue weighted by atomic mass is 9.80. The first-order chi connectivity index (χ1) is 14.1. The van der Waals surface area contributed by atoms with E-state index in [9.17, 15) is 9.59 Å². The van der Waals surface area contributed by atoms with E-state index >= 15 is 0 Å². The smallest absolute Gasteiger partial charge is 0.238 e. The second-order valence-corrected chi connectivity index (χ2v) is 7.83. The summed E-state index contributed by atoms with van der Waals surface area (Å²) in [6, 6.07) is 5.17. The number of allylic oxidation sites excluding steroid dienone is 2. The first-order valence-electron chi connectivity index (χ1n) is 10.4. The van der Waals surface area contributed by atoms with Gasteiger partial charge in [0.15, 0.2) is 0 Å². The van der Waals surface area contributed by atoms with Gasteiger partial charge in [-0.15, -0.1) is 0 Å². The van der Waals surface area contributed by atoms with Crippen molar-refractivity contribution >= 4 is 17.5 Å². The van der Waals surface area contributed by atoms with Crippen LogP contribution in [0.25, 0.3) is 0 Å². The van der Waals surface area contributed by atoms with E-state index in [2.05, 4.69) is 6.08 Å². The molecule has 2 heterocycles. The summed E-state index contributed by atoms with van der Waals surface area (Å²) in [6.45, 7) is 3.33. The minimum atomic E-state index is -0.309. The van der Waals surface area contributed by atoms with Gasteiger partial charge in [0, 0.05) is 18.4 Å². The molecule has 1 aromatic rings. The van der Waals surface area contributed by atoms with Gasteiger partial charge in [-0.1, -0.05) is 0 Å². The zero-order valence-corrected chi connectivity index (χ0v) is 17.1. The summed E-state index contributed by atoms with van der Waals surface area (Å²) in [7, 11) is 3.10. The first kappa shape index (κ1) is 19.9. The fraction of sp³-hybridized carbons (Fsp3) is 0.545. The van der Waals surface area contributed by atoms with Gasteiger partial charge in [0.25, 0.3) is 0 Å². The molecule has 4 rings (SSSR count). The Labute approximate surface area is 171 Å². The number of nitrogens with zero attached hydrogens (tertiary/aromatic N) is 1. The molecular formula is C22H29N2O5+. The van der Waals surface area contributed by atoms with Crippen LogP contribution in [0.3, 0.4) is 0 Å². The fourth-order valence-electron chi connectivity index (χ4n) is 4.83. The molecule has 7 nitrogen and oxygen atoms in total. The van der Waals surface area contributed by atoms with Crippen LogP contribution < -0.4 is 19.3 Å². The molecule has 0 saturated carbocycles. The molecule has 3 aliphatic rings. The normalized spacial score (nSPS) is 25.9. The number of amides is 2. The second-order valence-electron chi connectivity index (χ2n) is 7.83. The third-order valence-corrected chi connectivity index (χ3v) is 6.28. The Hall–Kier alpha value is -2.38. The van der Waals surface area contributed by atoms with E-state index < -0.39 is 0 Å². The van der Waals surface area contributed by atoms with Crippen molar-refractivity contribution in [1.29, 1.82) is 0 Å². The Morgan fingerprint density at radius 2 is 1.90 bits per heavy atom. The maximum absolute atomic E-state index is 13.4. The third-order valence-electron chi connectivity index (χ3n) is 6.28. The highest BCUT2D eigenvalue weighted by Gasteiger charge is 2.47. The van der Waals surface area contributed by atoms with Gasteiger partial charge in [-0.05, 0) is 37.5 Å². The number of carbonyl (C=O) groups excluding carboxylic acids is 2. The summed E-state index contributed by atoms with van der Waals surface area (Å²) in [5.74, 6) is 0.604. The Morgan fingerprint density at radius 3 is 2.62 bits per heavy atom. The van der Waals surface area contributed by atoms with Crippen molar-refractivity contribution in [3.8, 4) is 11.5 Å². The predicted octanol–water partition coefficient (Wildman–Crippen LogP) is 1.18. The van der Waals surface area contributed by atoms with E-state index in [1.54, 1.807) is 25.3 Å². The van der Waals surface area contributed by atoms with Crippen LogP contribution in [0.2, 0.25) is 0 Å². The van der Waals surface area contributed by atoms with Crippen molar-refractivity contribution < 1.29 is 28.7 Å². The van der Waals surface area contributed by atoms with Gasteiger partial charge in [0.1, 0.15) is 30.3 Å². The summed E-state index contributed by atoms with van der Waals surface area (Å²) >= 11 is 0. The van der Waals surface area contributed by atoms with Crippen LogP contribution in [-0.4, -0.2) is 52.3 Å². The highest BCUT2D eigenvalue weighted by molar-refractivity contribution is 6.21. The number of methoxy groups -OCH3 is 2. The summed E-state index contributed by atoms with van der Waals surface area (Å²) in [4.78, 5) is 29.1. The van der Waals surface area contributed by atoms with Gasteiger partial charge < -0.3 is 19.1 Å². The molecule has 0 aromatic heterocycles. The number of anilines is 1. The van der Waals surface area contributed by atoms with E-state index in [1.807, 2.05) is 0 Å². The van der Waals surface area contributed by atoms with E-state index in [0.29, 0.717) is 17.2 Å². The Balaban J connectivity index is 1.61. The molecule has 29 heavy (non-hydrogen) atoms. The lowest BCUT2D eigenvalue weighted by Crippen LogP contribution is -3.13. The Bertz CT molecular complexity index is 815.